The number of thiophene rings is 1. The summed E-state index contributed by atoms with van der Waals surface area (Å²) in [4.78, 5) is 29.3. The van der Waals surface area contributed by atoms with Crippen LogP contribution in [0.5, 0.6) is 0 Å². The van der Waals surface area contributed by atoms with Gasteiger partial charge in [0.25, 0.3) is 5.56 Å². The first-order valence-electron chi connectivity index (χ1n) is 6.98. The molecule has 0 saturated heterocycles. The summed E-state index contributed by atoms with van der Waals surface area (Å²) in [7, 11) is 0. The van der Waals surface area contributed by atoms with Gasteiger partial charge in [-0.1, -0.05) is 42.1 Å². The van der Waals surface area contributed by atoms with Crippen LogP contribution in [0.3, 0.4) is 0 Å². The van der Waals surface area contributed by atoms with E-state index < -0.39 is 0 Å². The molecule has 1 amide bonds. The molecule has 2 aromatic heterocycles. The van der Waals surface area contributed by atoms with Crippen LogP contribution in [0.1, 0.15) is 11.1 Å². The predicted octanol–water partition coefficient (Wildman–Crippen LogP) is 2.80. The van der Waals surface area contributed by atoms with Gasteiger partial charge in [0.05, 0.1) is 11.9 Å². The number of hydrogen-bond donors (Lipinski definition) is 1. The summed E-state index contributed by atoms with van der Waals surface area (Å²) < 4.78 is 1.80. The Morgan fingerprint density at radius 2 is 2.09 bits per heavy atom. The van der Waals surface area contributed by atoms with Crippen molar-refractivity contribution in [3.05, 3.63) is 57.2 Å². The Labute approximate surface area is 141 Å². The van der Waals surface area contributed by atoms with Crippen LogP contribution in [0.4, 0.5) is 0 Å². The van der Waals surface area contributed by atoms with Crippen LogP contribution in [0, 0.1) is 6.92 Å². The van der Waals surface area contributed by atoms with E-state index in [1.807, 2.05) is 48.9 Å². The molecule has 1 aromatic carbocycles. The average molecular weight is 345 g/mol. The van der Waals surface area contributed by atoms with Crippen molar-refractivity contribution < 1.29 is 4.79 Å². The van der Waals surface area contributed by atoms with Gasteiger partial charge in [-0.3, -0.25) is 15.0 Å². The number of benzene rings is 1. The summed E-state index contributed by atoms with van der Waals surface area (Å²) in [6.45, 7) is 1.92. The van der Waals surface area contributed by atoms with Gasteiger partial charge in [0.15, 0.2) is 5.16 Å². The number of nitrogens with one attached hydrogen (secondary N) is 1. The van der Waals surface area contributed by atoms with Gasteiger partial charge in [0.1, 0.15) is 4.70 Å². The Kier molecular flexibility index (Phi) is 4.49. The molecule has 2 heterocycles. The molecule has 23 heavy (non-hydrogen) atoms. The van der Waals surface area contributed by atoms with Crippen molar-refractivity contribution >= 4 is 39.2 Å². The third-order valence-electron chi connectivity index (χ3n) is 3.36. The van der Waals surface area contributed by atoms with Crippen molar-refractivity contribution in [2.24, 2.45) is 0 Å². The molecule has 3 aromatic rings. The average Bonchev–Trinajstić information content (AvgIpc) is 2.92. The van der Waals surface area contributed by atoms with Gasteiger partial charge in [-0.2, -0.15) is 4.68 Å². The van der Waals surface area contributed by atoms with E-state index in [1.54, 1.807) is 0 Å². The lowest BCUT2D eigenvalue weighted by molar-refractivity contribution is -0.116. The number of amides is 1. The van der Waals surface area contributed by atoms with Gasteiger partial charge in [-0.15, -0.1) is 11.3 Å². The van der Waals surface area contributed by atoms with Crippen LogP contribution in [-0.4, -0.2) is 21.8 Å². The van der Waals surface area contributed by atoms with Crippen molar-refractivity contribution in [2.75, 3.05) is 11.7 Å². The molecular weight excluding hydrogens is 330 g/mol. The van der Waals surface area contributed by atoms with Crippen LogP contribution in [0.15, 0.2) is 45.7 Å². The second-order valence-corrected chi connectivity index (χ2v) is 6.69. The van der Waals surface area contributed by atoms with Crippen LogP contribution in [0.2, 0.25) is 0 Å². The number of hydrogen-bond acceptors (Lipinski definition) is 5. The fourth-order valence-electron chi connectivity index (χ4n) is 2.24. The lowest BCUT2D eigenvalue weighted by Crippen LogP contribution is -2.35. The Bertz CT molecular complexity index is 916. The first-order valence-corrected chi connectivity index (χ1v) is 9.09. The van der Waals surface area contributed by atoms with E-state index in [2.05, 4.69) is 10.4 Å². The van der Waals surface area contributed by atoms with Gasteiger partial charge < -0.3 is 0 Å². The highest BCUT2D eigenvalue weighted by atomic mass is 32.2. The number of rotatable bonds is 4. The number of fused-ring (bicyclic) bond motifs is 1. The number of nitrogens with zero attached hydrogens (tertiary/aromatic N) is 2. The van der Waals surface area contributed by atoms with E-state index in [9.17, 15) is 9.59 Å². The van der Waals surface area contributed by atoms with Gasteiger partial charge in [-0.05, 0) is 29.7 Å². The van der Waals surface area contributed by atoms with Crippen LogP contribution >= 0.6 is 23.1 Å². The zero-order valence-corrected chi connectivity index (χ0v) is 14.3. The molecule has 0 atom stereocenters. The van der Waals surface area contributed by atoms with Crippen molar-refractivity contribution in [3.63, 3.8) is 0 Å². The maximum atomic E-state index is 12.6. The smallest absolute Gasteiger partial charge is 0.273 e. The number of thioether (sulfide) groups is 1. The van der Waals surface area contributed by atoms with Crippen LogP contribution < -0.4 is 11.0 Å². The largest absolute Gasteiger partial charge is 0.291 e. The Balaban J connectivity index is 1.94. The molecule has 0 fully saturated rings. The molecule has 0 spiro atoms. The zero-order chi connectivity index (χ0) is 16.4. The van der Waals surface area contributed by atoms with E-state index in [0.717, 1.165) is 11.1 Å². The number of carbonyl (C=O) groups excluding carboxylic acids is 1. The Morgan fingerprint density at radius 3 is 2.78 bits per heavy atom. The number of carbonyl (C=O) groups is 1. The van der Waals surface area contributed by atoms with E-state index in [4.69, 9.17) is 0 Å². The van der Waals surface area contributed by atoms with Gasteiger partial charge in [0.2, 0.25) is 5.91 Å². The number of aromatic nitrogens is 2. The maximum absolute atomic E-state index is 12.6. The summed E-state index contributed by atoms with van der Waals surface area (Å²) in [5.74, 6) is -0.247. The highest BCUT2D eigenvalue weighted by Crippen LogP contribution is 2.22. The molecule has 3 rings (SSSR count). The summed E-state index contributed by atoms with van der Waals surface area (Å²) in [5.41, 5.74) is 5.00. The molecule has 0 aliphatic carbocycles. The van der Waals surface area contributed by atoms with Crippen LogP contribution in [0.25, 0.3) is 10.2 Å². The Morgan fingerprint density at radius 1 is 1.35 bits per heavy atom. The van der Waals surface area contributed by atoms with E-state index in [1.165, 1.54) is 27.8 Å². The molecule has 0 saturated carbocycles. The van der Waals surface area contributed by atoms with Gasteiger partial charge >= 0.3 is 0 Å². The molecule has 1 N–H and O–H groups in total. The second-order valence-electron chi connectivity index (χ2n) is 5.03. The standard InChI is InChI=1S/C16H15N3O2S2/c1-10-9-23-14-13(10)17-16(22-2)19(15(14)21)18-12(20)8-11-6-4-3-5-7-11/h3-7,9H,8H2,1-2H3,(H,18,20). The highest BCUT2D eigenvalue weighted by Gasteiger charge is 2.15. The van der Waals surface area contributed by atoms with Crippen molar-refractivity contribution in [1.29, 1.82) is 0 Å². The van der Waals surface area contributed by atoms with Crippen molar-refractivity contribution in [3.8, 4) is 0 Å². The topological polar surface area (TPSA) is 64.0 Å². The van der Waals surface area contributed by atoms with E-state index >= 15 is 0 Å². The lowest BCUT2D eigenvalue weighted by Gasteiger charge is -2.12. The fraction of sp³-hybridized carbons (Fsp3) is 0.188. The highest BCUT2D eigenvalue weighted by molar-refractivity contribution is 7.98. The molecule has 0 aliphatic rings. The van der Waals surface area contributed by atoms with E-state index in [0.29, 0.717) is 15.4 Å². The van der Waals surface area contributed by atoms with Crippen LogP contribution in [-0.2, 0) is 11.2 Å². The molecule has 0 bridgehead atoms. The maximum Gasteiger partial charge on any atom is 0.291 e. The summed E-state index contributed by atoms with van der Waals surface area (Å²) in [6.07, 6.45) is 2.04. The summed E-state index contributed by atoms with van der Waals surface area (Å²) >= 11 is 2.68. The Hall–Kier alpha value is -2.12. The lowest BCUT2D eigenvalue weighted by atomic mass is 10.1. The quantitative estimate of drug-likeness (QED) is 0.583. The van der Waals surface area contributed by atoms with Crippen molar-refractivity contribution in [1.82, 2.24) is 9.66 Å². The summed E-state index contributed by atoms with van der Waals surface area (Å²) in [6, 6.07) is 9.41. The first-order chi connectivity index (χ1) is 11.1. The minimum absolute atomic E-state index is 0.211. The third-order valence-corrected chi connectivity index (χ3v) is 5.08. The molecule has 0 unspecified atom stereocenters. The zero-order valence-electron chi connectivity index (χ0n) is 12.7. The normalized spacial score (nSPS) is 10.9. The molecular formula is C16H15N3O2S2. The fourth-order valence-corrected chi connectivity index (χ4v) is 3.65. The molecule has 0 radical (unpaired) electrons. The minimum atomic E-state index is -0.247. The minimum Gasteiger partial charge on any atom is -0.273 e. The van der Waals surface area contributed by atoms with Gasteiger partial charge in [-0.25, -0.2) is 4.98 Å². The molecule has 5 nitrogen and oxygen atoms in total. The molecule has 118 valence electrons. The number of aryl methyl sites for hydroxylation is 1. The predicted molar refractivity (Wildman–Crippen MR) is 94.9 cm³/mol. The second kappa shape index (κ2) is 6.55. The third kappa shape index (κ3) is 3.16. The monoisotopic (exact) mass is 345 g/mol. The molecule has 7 heteroatoms. The summed E-state index contributed by atoms with van der Waals surface area (Å²) in [5, 5.41) is 2.38. The van der Waals surface area contributed by atoms with Gasteiger partial charge in [0, 0.05) is 0 Å². The SMILES string of the molecule is CSc1nc2c(C)csc2c(=O)n1NC(=O)Cc1ccccc1. The van der Waals surface area contributed by atoms with E-state index in [-0.39, 0.29) is 17.9 Å². The first kappa shape index (κ1) is 15.8. The van der Waals surface area contributed by atoms with Crippen molar-refractivity contribution in [2.45, 2.75) is 18.5 Å². The molecule has 0 aliphatic heterocycles.